The first-order chi connectivity index (χ1) is 17.3. The van der Waals surface area contributed by atoms with E-state index in [2.05, 4.69) is 65.7 Å². The van der Waals surface area contributed by atoms with E-state index in [9.17, 15) is 9.59 Å². The number of amides is 2. The van der Waals surface area contributed by atoms with E-state index < -0.39 is 0 Å². The topological polar surface area (TPSA) is 45.6 Å². The van der Waals surface area contributed by atoms with Crippen LogP contribution in [0.3, 0.4) is 0 Å². The molecule has 3 aromatic rings. The van der Waals surface area contributed by atoms with Crippen LogP contribution in [0.2, 0.25) is 5.02 Å². The quantitative estimate of drug-likeness (QED) is 0.237. The van der Waals surface area contributed by atoms with Gasteiger partial charge < -0.3 is 14.4 Å². The molecule has 0 bridgehead atoms. The van der Waals surface area contributed by atoms with Gasteiger partial charge in [0.2, 0.25) is 5.91 Å². The van der Waals surface area contributed by atoms with E-state index in [-0.39, 0.29) is 24.3 Å². The van der Waals surface area contributed by atoms with Gasteiger partial charge in [0.15, 0.2) is 0 Å². The van der Waals surface area contributed by atoms with Crippen molar-refractivity contribution in [3.05, 3.63) is 93.2 Å². The van der Waals surface area contributed by atoms with Crippen molar-refractivity contribution in [2.45, 2.75) is 46.7 Å². The van der Waals surface area contributed by atoms with Crippen molar-refractivity contribution in [2.75, 3.05) is 19.6 Å². The second-order valence-electron chi connectivity index (χ2n) is 9.51. The van der Waals surface area contributed by atoms with Crippen LogP contribution in [0.1, 0.15) is 55.2 Å². The van der Waals surface area contributed by atoms with Crippen LogP contribution in [-0.2, 0) is 17.9 Å². The predicted octanol–water partition coefficient (Wildman–Crippen LogP) is 6.88. The van der Waals surface area contributed by atoms with E-state index in [4.69, 9.17) is 11.6 Å². The lowest BCUT2D eigenvalue weighted by atomic mass is 10.1. The van der Waals surface area contributed by atoms with Gasteiger partial charge in [0.25, 0.3) is 5.91 Å². The molecule has 0 saturated carbocycles. The molecular weight excluding hydrogens is 538 g/mol. The summed E-state index contributed by atoms with van der Waals surface area (Å²) in [6, 6.07) is 19.2. The molecule has 0 atom stereocenters. The fourth-order valence-corrected chi connectivity index (χ4v) is 4.46. The van der Waals surface area contributed by atoms with Crippen LogP contribution in [0.5, 0.6) is 0 Å². The van der Waals surface area contributed by atoms with Crippen molar-refractivity contribution in [1.82, 2.24) is 14.4 Å². The Kier molecular flexibility index (Phi) is 10.6. The van der Waals surface area contributed by atoms with Gasteiger partial charge in [-0.2, -0.15) is 0 Å². The second-order valence-corrected chi connectivity index (χ2v) is 10.9. The summed E-state index contributed by atoms with van der Waals surface area (Å²) in [5.41, 5.74) is 2.80. The third-order valence-electron chi connectivity index (χ3n) is 5.97. The summed E-state index contributed by atoms with van der Waals surface area (Å²) < 4.78 is 3.23. The first-order valence-electron chi connectivity index (χ1n) is 12.5. The highest BCUT2D eigenvalue weighted by Gasteiger charge is 2.23. The minimum atomic E-state index is -0.150. The van der Waals surface area contributed by atoms with E-state index in [1.54, 1.807) is 29.2 Å². The van der Waals surface area contributed by atoms with Gasteiger partial charge in [0, 0.05) is 46.6 Å². The molecule has 2 aromatic carbocycles. The summed E-state index contributed by atoms with van der Waals surface area (Å²) in [5, 5.41) is 0.579. The van der Waals surface area contributed by atoms with Crippen LogP contribution in [0, 0.1) is 5.92 Å². The van der Waals surface area contributed by atoms with Crippen molar-refractivity contribution in [3.8, 4) is 0 Å². The Hall–Kier alpha value is -2.57. The smallest absolute Gasteiger partial charge is 0.254 e. The normalized spacial score (nSPS) is 11.1. The summed E-state index contributed by atoms with van der Waals surface area (Å²) in [5.74, 6) is 0.0480. The molecule has 0 aliphatic carbocycles. The van der Waals surface area contributed by atoms with Crippen molar-refractivity contribution in [2.24, 2.45) is 5.92 Å². The van der Waals surface area contributed by atoms with Crippen molar-refractivity contribution < 1.29 is 9.59 Å². The molecule has 192 valence electrons. The molecule has 0 spiro atoms. The molecule has 0 aliphatic rings. The molecule has 3 rings (SSSR count). The number of nitrogens with zero attached hydrogens (tertiary/aromatic N) is 3. The fourth-order valence-electron chi connectivity index (χ4n) is 4.07. The Morgan fingerprint density at radius 3 is 2.33 bits per heavy atom. The SMILES string of the molecule is CCCCN(Cc1cccn1Cc1ccc(Br)cc1)C(=O)CN(CC(C)C)C(=O)c1ccc(Cl)cc1. The molecule has 0 radical (unpaired) electrons. The zero-order chi connectivity index (χ0) is 26.1. The molecule has 2 amide bonds. The molecule has 0 unspecified atom stereocenters. The van der Waals surface area contributed by atoms with Gasteiger partial charge in [-0.25, -0.2) is 0 Å². The van der Waals surface area contributed by atoms with Crippen LogP contribution in [-0.4, -0.2) is 45.8 Å². The van der Waals surface area contributed by atoms with Crippen LogP contribution < -0.4 is 0 Å². The van der Waals surface area contributed by atoms with Crippen molar-refractivity contribution in [3.63, 3.8) is 0 Å². The Morgan fingerprint density at radius 2 is 1.69 bits per heavy atom. The van der Waals surface area contributed by atoms with Crippen LogP contribution in [0.15, 0.2) is 71.3 Å². The molecule has 0 fully saturated rings. The number of benzene rings is 2. The lowest BCUT2D eigenvalue weighted by molar-refractivity contribution is -0.132. The Bertz CT molecular complexity index is 1130. The monoisotopic (exact) mass is 571 g/mol. The van der Waals surface area contributed by atoms with E-state index in [1.165, 1.54) is 5.56 Å². The molecule has 1 heterocycles. The third-order valence-corrected chi connectivity index (χ3v) is 6.75. The Morgan fingerprint density at radius 1 is 1.00 bits per heavy atom. The second kappa shape index (κ2) is 13.7. The summed E-state index contributed by atoms with van der Waals surface area (Å²) in [6.07, 6.45) is 3.95. The molecule has 5 nitrogen and oxygen atoms in total. The highest BCUT2D eigenvalue weighted by molar-refractivity contribution is 9.10. The summed E-state index contributed by atoms with van der Waals surface area (Å²) in [6.45, 7) is 8.68. The number of rotatable bonds is 12. The lowest BCUT2D eigenvalue weighted by Crippen LogP contribution is -2.44. The van der Waals surface area contributed by atoms with Gasteiger partial charge in [-0.15, -0.1) is 0 Å². The van der Waals surface area contributed by atoms with E-state index in [1.807, 2.05) is 23.1 Å². The van der Waals surface area contributed by atoms with Gasteiger partial charge in [0.1, 0.15) is 6.54 Å². The van der Waals surface area contributed by atoms with Crippen LogP contribution in [0.25, 0.3) is 0 Å². The standard InChI is InChI=1S/C29H35BrClN3O2/c1-4-5-16-33(20-27-7-6-17-32(27)19-23-8-12-25(30)13-9-23)28(35)21-34(18-22(2)3)29(36)24-10-14-26(31)15-11-24/h6-15,17,22H,4-5,16,18-21H2,1-3H3. The zero-order valence-corrected chi connectivity index (χ0v) is 23.6. The number of carbonyl (C=O) groups is 2. The molecule has 7 heteroatoms. The number of hydrogen-bond donors (Lipinski definition) is 0. The average molecular weight is 573 g/mol. The Labute approximate surface area is 228 Å². The summed E-state index contributed by atoms with van der Waals surface area (Å²) >= 11 is 9.49. The van der Waals surface area contributed by atoms with E-state index >= 15 is 0 Å². The number of carbonyl (C=O) groups excluding carboxylic acids is 2. The number of hydrogen-bond acceptors (Lipinski definition) is 2. The molecule has 36 heavy (non-hydrogen) atoms. The minimum Gasteiger partial charge on any atom is -0.345 e. The van der Waals surface area contributed by atoms with Crippen LogP contribution >= 0.6 is 27.5 Å². The minimum absolute atomic E-state index is 0.0391. The zero-order valence-electron chi connectivity index (χ0n) is 21.3. The van der Waals surface area contributed by atoms with Gasteiger partial charge >= 0.3 is 0 Å². The van der Waals surface area contributed by atoms with Crippen LogP contribution in [0.4, 0.5) is 0 Å². The number of aromatic nitrogens is 1. The fraction of sp³-hybridized carbons (Fsp3) is 0.379. The lowest BCUT2D eigenvalue weighted by Gasteiger charge is -2.29. The van der Waals surface area contributed by atoms with E-state index in [0.717, 1.165) is 29.6 Å². The molecule has 1 aromatic heterocycles. The predicted molar refractivity (Wildman–Crippen MR) is 150 cm³/mol. The molecule has 0 aliphatic heterocycles. The highest BCUT2D eigenvalue weighted by Crippen LogP contribution is 2.16. The van der Waals surface area contributed by atoms with Gasteiger partial charge in [-0.1, -0.05) is 66.9 Å². The van der Waals surface area contributed by atoms with Crippen molar-refractivity contribution in [1.29, 1.82) is 0 Å². The first kappa shape index (κ1) is 28.0. The number of halogens is 2. The van der Waals surface area contributed by atoms with Crippen molar-refractivity contribution >= 4 is 39.3 Å². The third kappa shape index (κ3) is 8.24. The molecular formula is C29H35BrClN3O2. The van der Waals surface area contributed by atoms with Gasteiger partial charge in [0.05, 0.1) is 6.54 Å². The maximum atomic E-state index is 13.6. The summed E-state index contributed by atoms with van der Waals surface area (Å²) in [4.78, 5) is 30.4. The van der Waals surface area contributed by atoms with Gasteiger partial charge in [-0.05, 0) is 66.4 Å². The maximum Gasteiger partial charge on any atom is 0.254 e. The summed E-state index contributed by atoms with van der Waals surface area (Å²) in [7, 11) is 0. The molecule has 0 saturated heterocycles. The maximum absolute atomic E-state index is 13.6. The first-order valence-corrected chi connectivity index (χ1v) is 13.6. The Balaban J connectivity index is 1.76. The number of unbranched alkanes of at least 4 members (excludes halogenated alkanes) is 1. The highest BCUT2D eigenvalue weighted by atomic mass is 79.9. The van der Waals surface area contributed by atoms with Gasteiger partial charge in [-0.3, -0.25) is 9.59 Å². The average Bonchev–Trinajstić information content (AvgIpc) is 3.28. The molecule has 0 N–H and O–H groups in total. The largest absolute Gasteiger partial charge is 0.345 e. The van der Waals surface area contributed by atoms with E-state index in [0.29, 0.717) is 30.2 Å².